The van der Waals surface area contributed by atoms with Crippen LogP contribution < -0.4 is 0 Å². The number of esters is 1. The molecule has 0 radical (unpaired) electrons. The van der Waals surface area contributed by atoms with Crippen molar-refractivity contribution in [2.45, 2.75) is 13.2 Å². The van der Waals surface area contributed by atoms with Gasteiger partial charge in [-0.25, -0.2) is 4.79 Å². The second-order valence-electron chi connectivity index (χ2n) is 4.73. The van der Waals surface area contributed by atoms with Crippen LogP contribution in [0.2, 0.25) is 0 Å². The normalized spacial score (nSPS) is 10.6. The summed E-state index contributed by atoms with van der Waals surface area (Å²) in [5, 5.41) is 6.14. The van der Waals surface area contributed by atoms with Crippen LogP contribution in [0.5, 0.6) is 0 Å². The van der Waals surface area contributed by atoms with Gasteiger partial charge in [-0.1, -0.05) is 34.1 Å². The zero-order chi connectivity index (χ0) is 15.4. The highest BCUT2D eigenvalue weighted by Gasteiger charge is 2.09. The number of aromatic nitrogens is 2. The van der Waals surface area contributed by atoms with Crippen LogP contribution in [0, 0.1) is 0 Å². The Morgan fingerprint density at radius 1 is 1.23 bits per heavy atom. The van der Waals surface area contributed by atoms with Crippen LogP contribution in [0.1, 0.15) is 20.8 Å². The minimum Gasteiger partial charge on any atom is -0.457 e. The summed E-state index contributed by atoms with van der Waals surface area (Å²) in [6.07, 6.45) is 3.62. The van der Waals surface area contributed by atoms with Crippen LogP contribution >= 0.6 is 27.3 Å². The molecular formula is C16H13BrN2O2S. The first kappa shape index (κ1) is 15.0. The molecule has 0 fully saturated rings. The Labute approximate surface area is 140 Å². The van der Waals surface area contributed by atoms with E-state index in [0.29, 0.717) is 11.4 Å². The van der Waals surface area contributed by atoms with Crippen LogP contribution in [0.3, 0.4) is 0 Å². The van der Waals surface area contributed by atoms with Crippen molar-refractivity contribution in [2.75, 3.05) is 0 Å². The van der Waals surface area contributed by atoms with Crippen molar-refractivity contribution in [3.8, 4) is 0 Å². The SMILES string of the molecule is O=C(OCc1cnn(Cc2ccc(Br)cc2)c1)c1cccs1. The summed E-state index contributed by atoms with van der Waals surface area (Å²) in [4.78, 5) is 12.4. The van der Waals surface area contributed by atoms with E-state index in [2.05, 4.69) is 21.0 Å². The van der Waals surface area contributed by atoms with E-state index >= 15 is 0 Å². The van der Waals surface area contributed by atoms with Gasteiger partial charge in [-0.05, 0) is 29.1 Å². The first-order valence-electron chi connectivity index (χ1n) is 6.67. The predicted molar refractivity (Wildman–Crippen MR) is 88.9 cm³/mol. The fourth-order valence-electron chi connectivity index (χ4n) is 1.96. The molecule has 4 nitrogen and oxygen atoms in total. The zero-order valence-electron chi connectivity index (χ0n) is 11.6. The number of benzene rings is 1. The van der Waals surface area contributed by atoms with Gasteiger partial charge < -0.3 is 4.74 Å². The molecule has 3 aromatic rings. The molecule has 1 aromatic carbocycles. The Bertz CT molecular complexity index is 751. The van der Waals surface area contributed by atoms with Crippen molar-refractivity contribution in [3.05, 3.63) is 74.6 Å². The molecule has 0 aliphatic carbocycles. The maximum atomic E-state index is 11.8. The Hall–Kier alpha value is -1.92. The summed E-state index contributed by atoms with van der Waals surface area (Å²) in [5.74, 6) is -0.296. The van der Waals surface area contributed by atoms with Crippen LogP contribution in [-0.4, -0.2) is 15.7 Å². The Kier molecular flexibility index (Phi) is 4.70. The highest BCUT2D eigenvalue weighted by Crippen LogP contribution is 2.13. The topological polar surface area (TPSA) is 44.1 Å². The van der Waals surface area contributed by atoms with E-state index in [4.69, 9.17) is 4.74 Å². The maximum Gasteiger partial charge on any atom is 0.348 e. The third-order valence-corrected chi connectivity index (χ3v) is 4.42. The van der Waals surface area contributed by atoms with Gasteiger partial charge in [0.2, 0.25) is 0 Å². The molecule has 0 aliphatic heterocycles. The van der Waals surface area contributed by atoms with E-state index in [9.17, 15) is 4.79 Å². The molecule has 0 N–H and O–H groups in total. The summed E-state index contributed by atoms with van der Waals surface area (Å²) in [6.45, 7) is 0.920. The molecule has 0 bridgehead atoms. The number of nitrogens with zero attached hydrogens (tertiary/aromatic N) is 2. The molecule has 0 saturated carbocycles. The van der Waals surface area contributed by atoms with E-state index in [1.807, 2.05) is 46.6 Å². The molecule has 22 heavy (non-hydrogen) atoms. The highest BCUT2D eigenvalue weighted by atomic mass is 79.9. The fraction of sp³-hybridized carbons (Fsp3) is 0.125. The number of rotatable bonds is 5. The Morgan fingerprint density at radius 2 is 2.05 bits per heavy atom. The number of carbonyl (C=O) groups excluding carboxylic acids is 1. The first-order valence-corrected chi connectivity index (χ1v) is 8.34. The van der Waals surface area contributed by atoms with Crippen molar-refractivity contribution in [1.82, 2.24) is 9.78 Å². The van der Waals surface area contributed by atoms with Gasteiger partial charge in [0, 0.05) is 16.2 Å². The third kappa shape index (κ3) is 3.84. The number of hydrogen-bond donors (Lipinski definition) is 0. The second kappa shape index (κ2) is 6.89. The Balaban J connectivity index is 1.57. The molecule has 0 unspecified atom stereocenters. The van der Waals surface area contributed by atoms with Crippen LogP contribution in [0.25, 0.3) is 0 Å². The van der Waals surface area contributed by atoms with Gasteiger partial charge in [-0.3, -0.25) is 4.68 Å². The van der Waals surface area contributed by atoms with Gasteiger partial charge in [-0.2, -0.15) is 5.10 Å². The molecule has 2 heterocycles. The van der Waals surface area contributed by atoms with Crippen LogP contribution in [0.15, 0.2) is 58.6 Å². The average Bonchev–Trinajstić information content (AvgIpc) is 3.19. The monoisotopic (exact) mass is 376 g/mol. The molecule has 6 heteroatoms. The summed E-state index contributed by atoms with van der Waals surface area (Å²) in [7, 11) is 0. The van der Waals surface area contributed by atoms with Crippen molar-refractivity contribution >= 4 is 33.2 Å². The molecule has 2 aromatic heterocycles. The lowest BCUT2D eigenvalue weighted by Crippen LogP contribution is -2.03. The summed E-state index contributed by atoms with van der Waals surface area (Å²) in [5.41, 5.74) is 2.04. The van der Waals surface area contributed by atoms with Crippen molar-refractivity contribution < 1.29 is 9.53 Å². The Morgan fingerprint density at radius 3 is 2.77 bits per heavy atom. The number of halogens is 1. The summed E-state index contributed by atoms with van der Waals surface area (Å²) < 4.78 is 8.15. The lowest BCUT2D eigenvalue weighted by Gasteiger charge is -2.02. The second-order valence-corrected chi connectivity index (χ2v) is 6.59. The molecule has 3 rings (SSSR count). The minimum absolute atomic E-state index is 0.233. The zero-order valence-corrected chi connectivity index (χ0v) is 14.0. The third-order valence-electron chi connectivity index (χ3n) is 3.04. The van der Waals surface area contributed by atoms with E-state index in [0.717, 1.165) is 15.6 Å². The number of hydrogen-bond acceptors (Lipinski definition) is 4. The standard InChI is InChI=1S/C16H13BrN2O2S/c17-14-5-3-12(4-6-14)9-19-10-13(8-18-19)11-21-16(20)15-2-1-7-22-15/h1-8,10H,9,11H2. The lowest BCUT2D eigenvalue weighted by molar-refractivity contribution is 0.0478. The van der Waals surface area contributed by atoms with Crippen molar-refractivity contribution in [3.63, 3.8) is 0 Å². The van der Waals surface area contributed by atoms with E-state index < -0.39 is 0 Å². The summed E-state index contributed by atoms with van der Waals surface area (Å²) in [6, 6.07) is 11.7. The van der Waals surface area contributed by atoms with Gasteiger partial charge in [0.25, 0.3) is 0 Å². The van der Waals surface area contributed by atoms with Crippen molar-refractivity contribution in [1.29, 1.82) is 0 Å². The van der Waals surface area contributed by atoms with Gasteiger partial charge in [0.05, 0.1) is 12.7 Å². The minimum atomic E-state index is -0.296. The quantitative estimate of drug-likeness (QED) is 0.629. The van der Waals surface area contributed by atoms with Crippen LogP contribution in [-0.2, 0) is 17.9 Å². The number of carbonyl (C=O) groups is 1. The molecule has 0 atom stereocenters. The smallest absolute Gasteiger partial charge is 0.348 e. The van der Waals surface area contributed by atoms with Crippen LogP contribution in [0.4, 0.5) is 0 Å². The number of thiophene rings is 1. The molecular weight excluding hydrogens is 364 g/mol. The van der Waals surface area contributed by atoms with E-state index in [-0.39, 0.29) is 12.6 Å². The molecule has 0 saturated heterocycles. The first-order chi connectivity index (χ1) is 10.7. The highest BCUT2D eigenvalue weighted by molar-refractivity contribution is 9.10. The molecule has 0 spiro atoms. The lowest BCUT2D eigenvalue weighted by atomic mass is 10.2. The van der Waals surface area contributed by atoms with Gasteiger partial charge in [0.1, 0.15) is 11.5 Å². The molecule has 112 valence electrons. The van der Waals surface area contributed by atoms with Gasteiger partial charge in [-0.15, -0.1) is 11.3 Å². The molecule has 0 amide bonds. The predicted octanol–water partition coefficient (Wildman–Crippen LogP) is 4.11. The number of ether oxygens (including phenoxy) is 1. The summed E-state index contributed by atoms with van der Waals surface area (Å²) >= 11 is 4.79. The van der Waals surface area contributed by atoms with Gasteiger partial charge >= 0.3 is 5.97 Å². The van der Waals surface area contributed by atoms with E-state index in [1.54, 1.807) is 12.3 Å². The fourth-order valence-corrected chi connectivity index (χ4v) is 2.84. The van der Waals surface area contributed by atoms with E-state index in [1.165, 1.54) is 11.3 Å². The van der Waals surface area contributed by atoms with Gasteiger partial charge in [0.15, 0.2) is 0 Å². The largest absolute Gasteiger partial charge is 0.457 e. The van der Waals surface area contributed by atoms with Crippen molar-refractivity contribution in [2.24, 2.45) is 0 Å². The molecule has 0 aliphatic rings. The average molecular weight is 377 g/mol. The maximum absolute atomic E-state index is 11.8.